The molecule has 7 heteroatoms. The number of carbonyl (C=O) groups excluding carboxylic acids is 1. The van der Waals surface area contributed by atoms with Gasteiger partial charge >= 0.3 is 12.0 Å². The van der Waals surface area contributed by atoms with Gasteiger partial charge in [-0.1, -0.05) is 13.8 Å². The molecule has 0 atom stereocenters. The molecule has 0 aliphatic heterocycles. The fourth-order valence-electron chi connectivity index (χ4n) is 1.25. The molecule has 1 heterocycles. The Morgan fingerprint density at radius 2 is 2.15 bits per heavy atom. The summed E-state index contributed by atoms with van der Waals surface area (Å²) in [5, 5.41) is 13.4. The first-order valence-electron chi connectivity index (χ1n) is 6.33. The van der Waals surface area contributed by atoms with Crippen LogP contribution in [-0.4, -0.2) is 35.2 Å². The van der Waals surface area contributed by atoms with Crippen LogP contribution in [0.15, 0.2) is 18.3 Å². The predicted octanol–water partition coefficient (Wildman–Crippen LogP) is 1.71. The summed E-state index contributed by atoms with van der Waals surface area (Å²) in [6, 6.07) is 2.86. The highest BCUT2D eigenvalue weighted by Gasteiger charge is 2.04. The van der Waals surface area contributed by atoms with Crippen molar-refractivity contribution in [2.24, 2.45) is 5.92 Å². The number of carbonyl (C=O) groups is 2. The van der Waals surface area contributed by atoms with E-state index in [0.29, 0.717) is 24.1 Å². The number of ether oxygens (including phenoxy) is 1. The highest BCUT2D eigenvalue weighted by Crippen LogP contribution is 2.12. The summed E-state index contributed by atoms with van der Waals surface area (Å²) in [6.07, 6.45) is 1.36. The third kappa shape index (κ3) is 6.58. The van der Waals surface area contributed by atoms with Gasteiger partial charge in [0.15, 0.2) is 0 Å². The molecule has 0 radical (unpaired) electrons. The van der Waals surface area contributed by atoms with E-state index in [4.69, 9.17) is 9.84 Å². The number of pyridine rings is 1. The number of urea groups is 1. The molecule has 0 aromatic carbocycles. The van der Waals surface area contributed by atoms with Crippen LogP contribution in [0.1, 0.15) is 20.3 Å². The van der Waals surface area contributed by atoms with Gasteiger partial charge in [-0.2, -0.15) is 0 Å². The van der Waals surface area contributed by atoms with Gasteiger partial charge in [-0.25, -0.2) is 9.78 Å². The second-order valence-electron chi connectivity index (χ2n) is 4.61. The van der Waals surface area contributed by atoms with E-state index in [9.17, 15) is 9.59 Å². The maximum atomic E-state index is 11.4. The molecule has 0 bridgehead atoms. The van der Waals surface area contributed by atoms with Crippen LogP contribution < -0.4 is 15.4 Å². The highest BCUT2D eigenvalue weighted by atomic mass is 16.5. The fraction of sp³-hybridized carbons (Fsp3) is 0.462. The average molecular weight is 281 g/mol. The molecule has 7 nitrogen and oxygen atoms in total. The van der Waals surface area contributed by atoms with E-state index in [1.807, 2.05) is 13.8 Å². The van der Waals surface area contributed by atoms with E-state index in [1.54, 1.807) is 12.1 Å². The first kappa shape index (κ1) is 15.7. The number of hydrogen-bond acceptors (Lipinski definition) is 4. The molecule has 0 aliphatic rings. The summed E-state index contributed by atoms with van der Waals surface area (Å²) in [5.41, 5.74) is 0.509. The maximum Gasteiger partial charge on any atom is 0.319 e. The number of anilines is 1. The van der Waals surface area contributed by atoms with Gasteiger partial charge in [-0.3, -0.25) is 4.79 Å². The Hall–Kier alpha value is -2.31. The first-order chi connectivity index (χ1) is 9.47. The van der Waals surface area contributed by atoms with Crippen LogP contribution in [0.25, 0.3) is 0 Å². The number of hydrogen-bond donors (Lipinski definition) is 3. The molecule has 0 aliphatic carbocycles. The first-order valence-corrected chi connectivity index (χ1v) is 6.33. The van der Waals surface area contributed by atoms with E-state index in [1.165, 1.54) is 6.20 Å². The van der Waals surface area contributed by atoms with Crippen molar-refractivity contribution in [3.8, 4) is 5.88 Å². The molecule has 0 spiro atoms. The lowest BCUT2D eigenvalue weighted by Crippen LogP contribution is -2.30. The molecule has 0 saturated heterocycles. The van der Waals surface area contributed by atoms with Gasteiger partial charge in [-0.05, 0) is 12.0 Å². The summed E-state index contributed by atoms with van der Waals surface area (Å²) >= 11 is 0. The van der Waals surface area contributed by atoms with Crippen LogP contribution in [-0.2, 0) is 4.79 Å². The summed E-state index contributed by atoms with van der Waals surface area (Å²) in [5.74, 6) is -0.0521. The summed E-state index contributed by atoms with van der Waals surface area (Å²) in [4.78, 5) is 25.8. The van der Waals surface area contributed by atoms with Crippen LogP contribution in [0.5, 0.6) is 5.88 Å². The zero-order chi connectivity index (χ0) is 15.0. The third-order valence-corrected chi connectivity index (χ3v) is 2.18. The molecule has 20 heavy (non-hydrogen) atoms. The zero-order valence-corrected chi connectivity index (χ0v) is 11.5. The topological polar surface area (TPSA) is 101 Å². The van der Waals surface area contributed by atoms with Crippen molar-refractivity contribution in [1.29, 1.82) is 0 Å². The molecular formula is C13H19N3O4. The summed E-state index contributed by atoms with van der Waals surface area (Å²) in [6.45, 7) is 4.73. The molecular weight excluding hydrogens is 262 g/mol. The number of nitrogens with zero attached hydrogens (tertiary/aromatic N) is 1. The lowest BCUT2D eigenvalue weighted by molar-refractivity contribution is -0.136. The Kier molecular flexibility index (Phi) is 6.28. The molecule has 1 rings (SSSR count). The van der Waals surface area contributed by atoms with Crippen LogP contribution in [0.4, 0.5) is 10.5 Å². The van der Waals surface area contributed by atoms with E-state index < -0.39 is 12.0 Å². The highest BCUT2D eigenvalue weighted by molar-refractivity contribution is 5.89. The lowest BCUT2D eigenvalue weighted by Gasteiger charge is -2.09. The van der Waals surface area contributed by atoms with Crippen LogP contribution in [0.3, 0.4) is 0 Å². The summed E-state index contributed by atoms with van der Waals surface area (Å²) in [7, 11) is 0. The molecule has 1 aromatic heterocycles. The van der Waals surface area contributed by atoms with Crippen molar-refractivity contribution < 1.29 is 19.4 Å². The van der Waals surface area contributed by atoms with E-state index in [0.717, 1.165) is 0 Å². The average Bonchev–Trinajstić information content (AvgIpc) is 2.37. The minimum absolute atomic E-state index is 0.0736. The number of carboxylic acids is 1. The van der Waals surface area contributed by atoms with Crippen molar-refractivity contribution in [2.75, 3.05) is 18.5 Å². The van der Waals surface area contributed by atoms with Crippen molar-refractivity contribution >= 4 is 17.7 Å². The number of nitrogens with one attached hydrogen (secondary N) is 2. The van der Waals surface area contributed by atoms with E-state index in [2.05, 4.69) is 15.6 Å². The normalized spacial score (nSPS) is 10.2. The quantitative estimate of drug-likeness (QED) is 0.706. The number of aliphatic carboxylic acids is 1. The fourth-order valence-corrected chi connectivity index (χ4v) is 1.25. The van der Waals surface area contributed by atoms with Gasteiger partial charge in [-0.15, -0.1) is 0 Å². The standard InChI is InChI=1S/C13H19N3O4/c1-9(2)8-20-11-4-3-10(7-15-11)16-13(19)14-6-5-12(17)18/h3-4,7,9H,5-6,8H2,1-2H3,(H,17,18)(H2,14,16,19). The lowest BCUT2D eigenvalue weighted by atomic mass is 10.2. The Morgan fingerprint density at radius 1 is 1.40 bits per heavy atom. The Morgan fingerprint density at radius 3 is 2.70 bits per heavy atom. The second-order valence-corrected chi connectivity index (χ2v) is 4.61. The van der Waals surface area contributed by atoms with Crippen LogP contribution in [0, 0.1) is 5.92 Å². The van der Waals surface area contributed by atoms with E-state index >= 15 is 0 Å². The molecule has 0 saturated carbocycles. The van der Waals surface area contributed by atoms with Crippen molar-refractivity contribution in [2.45, 2.75) is 20.3 Å². The maximum absolute atomic E-state index is 11.4. The van der Waals surface area contributed by atoms with Crippen molar-refractivity contribution in [3.63, 3.8) is 0 Å². The minimum Gasteiger partial charge on any atom is -0.481 e. The molecule has 0 unspecified atom stereocenters. The Bertz CT molecular complexity index is 445. The SMILES string of the molecule is CC(C)COc1ccc(NC(=O)NCCC(=O)O)cn1. The zero-order valence-electron chi connectivity index (χ0n) is 11.5. The van der Waals surface area contributed by atoms with Crippen molar-refractivity contribution in [1.82, 2.24) is 10.3 Å². The van der Waals surface area contributed by atoms with E-state index in [-0.39, 0.29) is 13.0 Å². The molecule has 2 amide bonds. The number of carboxylic acid groups (broad SMARTS) is 1. The van der Waals surface area contributed by atoms with Gasteiger partial charge in [0.2, 0.25) is 5.88 Å². The minimum atomic E-state index is -0.960. The molecule has 110 valence electrons. The predicted molar refractivity (Wildman–Crippen MR) is 73.8 cm³/mol. The Balaban J connectivity index is 2.36. The number of aromatic nitrogens is 1. The smallest absolute Gasteiger partial charge is 0.319 e. The van der Waals surface area contributed by atoms with Gasteiger partial charge in [0.25, 0.3) is 0 Å². The Labute approximate surface area is 117 Å². The molecule has 3 N–H and O–H groups in total. The number of amides is 2. The third-order valence-electron chi connectivity index (χ3n) is 2.18. The van der Waals surface area contributed by atoms with Crippen LogP contribution in [0.2, 0.25) is 0 Å². The molecule has 1 aromatic rings. The second kappa shape index (κ2) is 7.98. The summed E-state index contributed by atoms with van der Waals surface area (Å²) < 4.78 is 5.41. The molecule has 0 fully saturated rings. The van der Waals surface area contributed by atoms with Gasteiger partial charge < -0.3 is 20.5 Å². The van der Waals surface area contributed by atoms with Gasteiger partial charge in [0.1, 0.15) is 0 Å². The van der Waals surface area contributed by atoms with Crippen molar-refractivity contribution in [3.05, 3.63) is 18.3 Å². The number of rotatable bonds is 7. The largest absolute Gasteiger partial charge is 0.481 e. The monoisotopic (exact) mass is 281 g/mol. The van der Waals surface area contributed by atoms with Crippen LogP contribution >= 0.6 is 0 Å². The van der Waals surface area contributed by atoms with Gasteiger partial charge in [0, 0.05) is 12.6 Å². The van der Waals surface area contributed by atoms with Gasteiger partial charge in [0.05, 0.1) is 24.9 Å².